The molecule has 3 aromatic rings. The molecule has 22 heavy (non-hydrogen) atoms. The largest absolute Gasteiger partial charge is 0.496 e. The monoisotopic (exact) mass is 331 g/mol. The average Bonchev–Trinajstić information content (AvgIpc) is 2.51. The van der Waals surface area contributed by atoms with Crippen LogP contribution in [0.15, 0.2) is 54.6 Å². The van der Waals surface area contributed by atoms with Crippen molar-refractivity contribution >= 4 is 39.7 Å². The van der Waals surface area contributed by atoms with Gasteiger partial charge in [0, 0.05) is 27.8 Å². The summed E-state index contributed by atoms with van der Waals surface area (Å²) < 4.78 is 5.50. The van der Waals surface area contributed by atoms with Gasteiger partial charge in [0.2, 0.25) is 0 Å². The molecule has 0 saturated heterocycles. The van der Waals surface area contributed by atoms with Crippen LogP contribution < -0.4 is 10.1 Å². The molecule has 0 amide bonds. The first-order valence-electron chi connectivity index (χ1n) is 6.92. The van der Waals surface area contributed by atoms with Crippen LogP contribution in [-0.4, -0.2) is 7.11 Å². The van der Waals surface area contributed by atoms with Gasteiger partial charge in [-0.25, -0.2) is 0 Å². The molecular formula is C18H15Cl2NO. The van der Waals surface area contributed by atoms with Gasteiger partial charge < -0.3 is 10.1 Å². The van der Waals surface area contributed by atoms with E-state index in [9.17, 15) is 0 Å². The van der Waals surface area contributed by atoms with Crippen LogP contribution in [0.4, 0.5) is 5.69 Å². The Kier molecular flexibility index (Phi) is 4.41. The van der Waals surface area contributed by atoms with E-state index in [1.54, 1.807) is 13.2 Å². The summed E-state index contributed by atoms with van der Waals surface area (Å²) in [5.74, 6) is 0.860. The fourth-order valence-electron chi connectivity index (χ4n) is 2.54. The van der Waals surface area contributed by atoms with Crippen molar-refractivity contribution in [1.29, 1.82) is 0 Å². The zero-order valence-electron chi connectivity index (χ0n) is 12.1. The molecule has 0 saturated carbocycles. The lowest BCUT2D eigenvalue weighted by molar-refractivity contribution is 0.411. The molecule has 0 aliphatic heterocycles. The lowest BCUT2D eigenvalue weighted by atomic mass is 10.0. The fourth-order valence-corrected chi connectivity index (χ4v) is 3.06. The maximum absolute atomic E-state index is 6.04. The summed E-state index contributed by atoms with van der Waals surface area (Å²) >= 11 is 12.1. The number of rotatable bonds is 4. The highest BCUT2D eigenvalue weighted by Gasteiger charge is 2.08. The van der Waals surface area contributed by atoms with Crippen LogP contribution in [0.2, 0.25) is 10.0 Å². The molecule has 2 nitrogen and oxygen atoms in total. The molecular weight excluding hydrogens is 317 g/mol. The molecule has 112 valence electrons. The number of benzene rings is 3. The van der Waals surface area contributed by atoms with Gasteiger partial charge in [-0.15, -0.1) is 0 Å². The summed E-state index contributed by atoms with van der Waals surface area (Å²) in [7, 11) is 1.68. The van der Waals surface area contributed by atoms with Gasteiger partial charge in [-0.05, 0) is 35.0 Å². The van der Waals surface area contributed by atoms with Gasteiger partial charge >= 0.3 is 0 Å². The zero-order chi connectivity index (χ0) is 15.5. The smallest absolute Gasteiger partial charge is 0.124 e. The Labute approximate surface area is 139 Å². The maximum atomic E-state index is 6.04. The summed E-state index contributed by atoms with van der Waals surface area (Å²) in [4.78, 5) is 0. The van der Waals surface area contributed by atoms with E-state index in [0.717, 1.165) is 17.0 Å². The second-order valence-corrected chi connectivity index (χ2v) is 5.85. The molecule has 0 aromatic heterocycles. The SMILES string of the molecule is COc1ccc2ccccc2c1CNc1cc(Cl)cc(Cl)c1. The van der Waals surface area contributed by atoms with Crippen molar-refractivity contribution in [3.63, 3.8) is 0 Å². The Morgan fingerprint density at radius 3 is 2.41 bits per heavy atom. The second-order valence-electron chi connectivity index (χ2n) is 4.98. The molecule has 0 spiro atoms. The highest BCUT2D eigenvalue weighted by molar-refractivity contribution is 6.35. The third-order valence-electron chi connectivity index (χ3n) is 3.55. The molecule has 0 heterocycles. The van der Waals surface area contributed by atoms with Crippen LogP contribution in [0.25, 0.3) is 10.8 Å². The van der Waals surface area contributed by atoms with Gasteiger partial charge in [0.1, 0.15) is 5.75 Å². The molecule has 0 fully saturated rings. The van der Waals surface area contributed by atoms with Crippen LogP contribution in [-0.2, 0) is 6.54 Å². The van der Waals surface area contributed by atoms with E-state index in [1.807, 2.05) is 30.3 Å². The van der Waals surface area contributed by atoms with E-state index in [4.69, 9.17) is 27.9 Å². The number of methoxy groups -OCH3 is 1. The van der Waals surface area contributed by atoms with E-state index in [-0.39, 0.29) is 0 Å². The van der Waals surface area contributed by atoms with Crippen LogP contribution in [0.1, 0.15) is 5.56 Å². The molecule has 0 unspecified atom stereocenters. The first-order valence-corrected chi connectivity index (χ1v) is 7.67. The van der Waals surface area contributed by atoms with Gasteiger partial charge in [0.05, 0.1) is 7.11 Å². The first kappa shape index (κ1) is 15.0. The minimum Gasteiger partial charge on any atom is -0.496 e. The highest BCUT2D eigenvalue weighted by Crippen LogP contribution is 2.29. The van der Waals surface area contributed by atoms with E-state index >= 15 is 0 Å². The van der Waals surface area contributed by atoms with Gasteiger partial charge in [-0.2, -0.15) is 0 Å². The third-order valence-corrected chi connectivity index (χ3v) is 3.99. The Morgan fingerprint density at radius 1 is 0.955 bits per heavy atom. The Morgan fingerprint density at radius 2 is 1.68 bits per heavy atom. The Balaban J connectivity index is 1.95. The molecule has 0 radical (unpaired) electrons. The van der Waals surface area contributed by atoms with Crippen molar-refractivity contribution in [2.24, 2.45) is 0 Å². The summed E-state index contributed by atoms with van der Waals surface area (Å²) in [6.07, 6.45) is 0. The number of hydrogen-bond acceptors (Lipinski definition) is 2. The number of nitrogens with one attached hydrogen (secondary N) is 1. The minimum atomic E-state index is 0.611. The maximum Gasteiger partial charge on any atom is 0.124 e. The number of halogens is 2. The number of anilines is 1. The highest BCUT2D eigenvalue weighted by atomic mass is 35.5. The number of hydrogen-bond donors (Lipinski definition) is 1. The summed E-state index contributed by atoms with van der Waals surface area (Å²) in [6, 6.07) is 17.7. The standard InChI is InChI=1S/C18H15Cl2NO/c1-22-18-7-6-12-4-2-3-5-16(12)17(18)11-21-15-9-13(19)8-14(20)10-15/h2-10,21H,11H2,1H3. The van der Waals surface area contributed by atoms with E-state index in [1.165, 1.54) is 10.8 Å². The molecule has 0 bridgehead atoms. The van der Waals surface area contributed by atoms with Gasteiger partial charge in [-0.3, -0.25) is 0 Å². The molecule has 4 heteroatoms. The van der Waals surface area contributed by atoms with Crippen LogP contribution in [0.5, 0.6) is 5.75 Å². The molecule has 0 aliphatic carbocycles. The topological polar surface area (TPSA) is 21.3 Å². The third kappa shape index (κ3) is 3.13. The molecule has 0 aliphatic rings. The number of ether oxygens (including phenoxy) is 1. The van der Waals surface area contributed by atoms with Crippen molar-refractivity contribution in [3.05, 3.63) is 70.2 Å². The average molecular weight is 332 g/mol. The Hall–Kier alpha value is -1.90. The normalized spacial score (nSPS) is 10.7. The van der Waals surface area contributed by atoms with Crippen molar-refractivity contribution in [3.8, 4) is 5.75 Å². The Bertz CT molecular complexity index is 797. The van der Waals surface area contributed by atoms with Crippen molar-refractivity contribution in [1.82, 2.24) is 0 Å². The van der Waals surface area contributed by atoms with E-state index in [2.05, 4.69) is 23.5 Å². The van der Waals surface area contributed by atoms with E-state index < -0.39 is 0 Å². The number of fused-ring (bicyclic) bond motifs is 1. The predicted molar refractivity (Wildman–Crippen MR) is 94.3 cm³/mol. The minimum absolute atomic E-state index is 0.611. The van der Waals surface area contributed by atoms with Gasteiger partial charge in [0.25, 0.3) is 0 Å². The summed E-state index contributed by atoms with van der Waals surface area (Å²) in [5.41, 5.74) is 1.99. The van der Waals surface area contributed by atoms with E-state index in [0.29, 0.717) is 16.6 Å². The van der Waals surface area contributed by atoms with Crippen molar-refractivity contribution in [2.45, 2.75) is 6.54 Å². The molecule has 1 N–H and O–H groups in total. The van der Waals surface area contributed by atoms with Gasteiger partial charge in [-0.1, -0.05) is 53.5 Å². The molecule has 3 rings (SSSR count). The lowest BCUT2D eigenvalue weighted by Crippen LogP contribution is -2.02. The van der Waals surface area contributed by atoms with Crippen LogP contribution in [0, 0.1) is 0 Å². The van der Waals surface area contributed by atoms with Crippen LogP contribution >= 0.6 is 23.2 Å². The van der Waals surface area contributed by atoms with Crippen molar-refractivity contribution in [2.75, 3.05) is 12.4 Å². The zero-order valence-corrected chi connectivity index (χ0v) is 13.6. The predicted octanol–water partition coefficient (Wildman–Crippen LogP) is 5.77. The first-order chi connectivity index (χ1) is 10.7. The van der Waals surface area contributed by atoms with Gasteiger partial charge in [0.15, 0.2) is 0 Å². The molecule has 0 atom stereocenters. The summed E-state index contributed by atoms with van der Waals surface area (Å²) in [6.45, 7) is 0.626. The van der Waals surface area contributed by atoms with Crippen LogP contribution in [0.3, 0.4) is 0 Å². The lowest BCUT2D eigenvalue weighted by Gasteiger charge is -2.14. The second kappa shape index (κ2) is 6.47. The molecule has 3 aromatic carbocycles. The fraction of sp³-hybridized carbons (Fsp3) is 0.111. The summed E-state index contributed by atoms with van der Waals surface area (Å²) in [5, 5.41) is 6.94. The van der Waals surface area contributed by atoms with Crippen molar-refractivity contribution < 1.29 is 4.74 Å². The quantitative estimate of drug-likeness (QED) is 0.655.